The van der Waals surface area contributed by atoms with E-state index in [9.17, 15) is 43.2 Å². The number of aliphatic hydroxyl groups excluding tert-OH is 1. The minimum atomic E-state index is -4.96. The van der Waals surface area contributed by atoms with E-state index in [4.69, 9.17) is 37.0 Å². The summed E-state index contributed by atoms with van der Waals surface area (Å²) in [5, 5.41) is 10.6. The van der Waals surface area contributed by atoms with E-state index in [-0.39, 0.29) is 25.7 Å². The average molecular weight is 1370 g/mol. The standard InChI is InChI=1S/C74H144O17P2/c1-9-67(8)53-45-37-32-33-39-47-55-72(77)85-61-70(91-74(79)57-49-41-31-25-19-22-28-36-44-52-66(6)7)63-89-93(82,83)87-59-68(75)58-86-92(80,81)88-62-69(90-73(78)56-48-40-30-24-18-21-27-35-43-51-65(4)5)60-84-71(76)54-46-38-29-23-17-15-13-11-10-12-14-16-20-26-34-42-50-64(2)3/h64-70,75H,9-63H2,1-8H3,(H,80,81)(H,82,83)/t67?,68-,69-,70-/m1/s1. The smallest absolute Gasteiger partial charge is 0.462 e. The lowest BCUT2D eigenvalue weighted by atomic mass is 10.00. The Morgan fingerprint density at radius 1 is 0.301 bits per heavy atom. The highest BCUT2D eigenvalue weighted by atomic mass is 31.2. The van der Waals surface area contributed by atoms with Gasteiger partial charge in [-0.2, -0.15) is 0 Å². The molecule has 17 nitrogen and oxygen atoms in total. The minimum absolute atomic E-state index is 0.104. The van der Waals surface area contributed by atoms with Crippen LogP contribution in [0, 0.1) is 23.7 Å². The number of phosphoric acid groups is 2. The summed E-state index contributed by atoms with van der Waals surface area (Å²) in [7, 11) is -9.91. The number of phosphoric ester groups is 2. The average Bonchev–Trinajstić information content (AvgIpc) is 2.16. The van der Waals surface area contributed by atoms with E-state index in [0.29, 0.717) is 25.7 Å². The predicted molar refractivity (Wildman–Crippen MR) is 377 cm³/mol. The lowest BCUT2D eigenvalue weighted by molar-refractivity contribution is -0.161. The van der Waals surface area contributed by atoms with Crippen LogP contribution in [0.1, 0.15) is 370 Å². The van der Waals surface area contributed by atoms with E-state index < -0.39 is 97.5 Å². The zero-order valence-electron chi connectivity index (χ0n) is 60.9. The van der Waals surface area contributed by atoms with Gasteiger partial charge in [0.15, 0.2) is 12.2 Å². The van der Waals surface area contributed by atoms with Gasteiger partial charge in [0.1, 0.15) is 19.3 Å². The first-order chi connectivity index (χ1) is 44.6. The van der Waals surface area contributed by atoms with Crippen molar-refractivity contribution in [3.63, 3.8) is 0 Å². The molecular formula is C74H144O17P2. The summed E-state index contributed by atoms with van der Waals surface area (Å²) >= 11 is 0. The van der Waals surface area contributed by atoms with Crippen LogP contribution >= 0.6 is 15.6 Å². The Morgan fingerprint density at radius 2 is 0.516 bits per heavy atom. The molecule has 3 N–H and O–H groups in total. The number of hydrogen-bond acceptors (Lipinski definition) is 15. The third-order valence-electron chi connectivity index (χ3n) is 17.4. The highest BCUT2D eigenvalue weighted by Gasteiger charge is 2.30. The summed E-state index contributed by atoms with van der Waals surface area (Å²) in [6, 6.07) is 0. The Kier molecular flexibility index (Phi) is 62.2. The molecule has 0 rings (SSSR count). The number of ether oxygens (including phenoxy) is 4. The summed E-state index contributed by atoms with van der Waals surface area (Å²) in [6.45, 7) is 14.1. The van der Waals surface area contributed by atoms with Crippen molar-refractivity contribution in [1.82, 2.24) is 0 Å². The van der Waals surface area contributed by atoms with Gasteiger partial charge in [0, 0.05) is 25.7 Å². The Morgan fingerprint density at radius 3 is 0.763 bits per heavy atom. The molecule has 0 heterocycles. The first-order valence-electron chi connectivity index (χ1n) is 38.2. The van der Waals surface area contributed by atoms with E-state index in [0.717, 1.165) is 120 Å². The molecule has 0 aromatic rings. The third-order valence-corrected chi connectivity index (χ3v) is 19.3. The van der Waals surface area contributed by atoms with Crippen LogP contribution in [0.2, 0.25) is 0 Å². The van der Waals surface area contributed by atoms with Crippen molar-refractivity contribution in [2.24, 2.45) is 23.7 Å². The van der Waals surface area contributed by atoms with Gasteiger partial charge < -0.3 is 33.8 Å². The quantitative estimate of drug-likeness (QED) is 0.0222. The van der Waals surface area contributed by atoms with Gasteiger partial charge in [-0.3, -0.25) is 37.3 Å². The van der Waals surface area contributed by atoms with Gasteiger partial charge >= 0.3 is 39.5 Å². The van der Waals surface area contributed by atoms with Crippen molar-refractivity contribution in [3.8, 4) is 0 Å². The molecule has 0 spiro atoms. The molecule has 0 aliphatic carbocycles. The van der Waals surface area contributed by atoms with Gasteiger partial charge in [-0.15, -0.1) is 0 Å². The number of rotatable bonds is 71. The lowest BCUT2D eigenvalue weighted by Crippen LogP contribution is -2.30. The molecule has 552 valence electrons. The summed E-state index contributed by atoms with van der Waals surface area (Å²) < 4.78 is 68.4. The summed E-state index contributed by atoms with van der Waals surface area (Å²) in [4.78, 5) is 72.7. The molecule has 0 saturated heterocycles. The van der Waals surface area contributed by atoms with Gasteiger partial charge in [0.2, 0.25) is 0 Å². The Labute approximate surface area is 568 Å². The molecule has 0 radical (unpaired) electrons. The summed E-state index contributed by atoms with van der Waals surface area (Å²) in [5.41, 5.74) is 0. The van der Waals surface area contributed by atoms with Crippen LogP contribution in [-0.4, -0.2) is 96.7 Å². The lowest BCUT2D eigenvalue weighted by Gasteiger charge is -2.21. The molecule has 93 heavy (non-hydrogen) atoms. The normalized spacial score (nSPS) is 14.5. The first-order valence-corrected chi connectivity index (χ1v) is 41.2. The molecule has 0 aromatic carbocycles. The Hall–Kier alpha value is -1.94. The van der Waals surface area contributed by atoms with Crippen molar-refractivity contribution >= 4 is 39.5 Å². The summed E-state index contributed by atoms with van der Waals surface area (Å²) in [5.74, 6) is 0.890. The second kappa shape index (κ2) is 63.5. The van der Waals surface area contributed by atoms with E-state index in [1.54, 1.807) is 0 Å². The van der Waals surface area contributed by atoms with Crippen molar-refractivity contribution in [2.45, 2.75) is 388 Å². The van der Waals surface area contributed by atoms with Crippen LogP contribution in [0.15, 0.2) is 0 Å². The molecule has 0 saturated carbocycles. The molecule has 0 aromatic heterocycles. The zero-order valence-corrected chi connectivity index (χ0v) is 62.7. The molecule has 0 fully saturated rings. The van der Waals surface area contributed by atoms with Gasteiger partial charge in [0.05, 0.1) is 26.4 Å². The molecule has 19 heteroatoms. The maximum absolute atomic E-state index is 13.1. The summed E-state index contributed by atoms with van der Waals surface area (Å²) in [6.07, 6.45) is 47.3. The molecule has 6 atom stereocenters. The molecular weight excluding hydrogens is 1220 g/mol. The second-order valence-electron chi connectivity index (χ2n) is 28.4. The molecule has 0 aliphatic rings. The van der Waals surface area contributed by atoms with Crippen molar-refractivity contribution in [1.29, 1.82) is 0 Å². The van der Waals surface area contributed by atoms with Crippen LogP contribution in [0.4, 0.5) is 0 Å². The topological polar surface area (TPSA) is 237 Å². The van der Waals surface area contributed by atoms with Crippen molar-refractivity contribution in [3.05, 3.63) is 0 Å². The second-order valence-corrected chi connectivity index (χ2v) is 31.3. The molecule has 0 amide bonds. The van der Waals surface area contributed by atoms with E-state index in [1.165, 1.54) is 167 Å². The van der Waals surface area contributed by atoms with Gasteiger partial charge in [0.25, 0.3) is 0 Å². The van der Waals surface area contributed by atoms with Crippen molar-refractivity contribution in [2.75, 3.05) is 39.6 Å². The van der Waals surface area contributed by atoms with Crippen LogP contribution in [0.5, 0.6) is 0 Å². The Balaban J connectivity index is 5.21. The van der Waals surface area contributed by atoms with Gasteiger partial charge in [-0.05, 0) is 49.4 Å². The van der Waals surface area contributed by atoms with Gasteiger partial charge in [-0.25, -0.2) is 9.13 Å². The number of carbonyl (C=O) groups is 4. The number of unbranched alkanes of at least 4 members (excludes halogenated alkanes) is 36. The fraction of sp³-hybridized carbons (Fsp3) is 0.946. The number of hydrogen-bond donors (Lipinski definition) is 3. The highest BCUT2D eigenvalue weighted by molar-refractivity contribution is 7.47. The fourth-order valence-electron chi connectivity index (χ4n) is 11.2. The van der Waals surface area contributed by atoms with Crippen LogP contribution in [-0.2, 0) is 65.4 Å². The highest BCUT2D eigenvalue weighted by Crippen LogP contribution is 2.45. The minimum Gasteiger partial charge on any atom is -0.462 e. The van der Waals surface area contributed by atoms with Crippen LogP contribution in [0.3, 0.4) is 0 Å². The van der Waals surface area contributed by atoms with Gasteiger partial charge in [-0.1, -0.05) is 319 Å². The zero-order chi connectivity index (χ0) is 68.9. The van der Waals surface area contributed by atoms with Crippen molar-refractivity contribution < 1.29 is 80.2 Å². The first kappa shape index (κ1) is 91.1. The molecule has 0 aliphatic heterocycles. The molecule has 3 unspecified atom stereocenters. The van der Waals surface area contributed by atoms with Crippen LogP contribution in [0.25, 0.3) is 0 Å². The SMILES string of the molecule is CCC(C)CCCCCCCCC(=O)OC[C@H](COP(=O)(O)OC[C@H](O)COP(=O)(O)OC[C@@H](COC(=O)CCCCCCCCCCCCCCCCCCC(C)C)OC(=O)CCCCCCCCCCCC(C)C)OC(=O)CCCCCCCCCCCC(C)C. The van der Waals surface area contributed by atoms with E-state index in [2.05, 4.69) is 55.4 Å². The Bertz CT molecular complexity index is 1840. The monoisotopic (exact) mass is 1370 g/mol. The van der Waals surface area contributed by atoms with E-state index in [1.807, 2.05) is 0 Å². The maximum Gasteiger partial charge on any atom is 0.472 e. The molecule has 0 bridgehead atoms. The largest absolute Gasteiger partial charge is 0.472 e. The fourth-order valence-corrected chi connectivity index (χ4v) is 12.7. The predicted octanol–water partition coefficient (Wildman–Crippen LogP) is 21.3. The number of carbonyl (C=O) groups excluding carboxylic acids is 4. The number of aliphatic hydroxyl groups is 1. The maximum atomic E-state index is 13.1. The third kappa shape index (κ3) is 67.0. The number of esters is 4. The van der Waals surface area contributed by atoms with E-state index >= 15 is 0 Å². The van der Waals surface area contributed by atoms with Crippen LogP contribution < -0.4 is 0 Å².